The molecule has 184 valence electrons. The quantitative estimate of drug-likeness (QED) is 0.522. The third-order valence-corrected chi connectivity index (χ3v) is 8.75. The van der Waals surface area contributed by atoms with Gasteiger partial charge in [0.1, 0.15) is 16.7 Å². The molecule has 0 unspecified atom stereocenters. The molecule has 0 bridgehead atoms. The number of hydroxylamine groups is 2. The highest BCUT2D eigenvalue weighted by molar-refractivity contribution is 7.89. The van der Waals surface area contributed by atoms with E-state index in [-0.39, 0.29) is 18.5 Å². The van der Waals surface area contributed by atoms with Crippen molar-refractivity contribution in [3.8, 4) is 11.5 Å². The van der Waals surface area contributed by atoms with Crippen LogP contribution < -0.4 is 4.74 Å². The molecule has 2 fully saturated rings. The Morgan fingerprint density at radius 2 is 1.82 bits per heavy atom. The molecule has 4 rings (SSSR count). The van der Waals surface area contributed by atoms with E-state index in [1.807, 2.05) is 24.3 Å². The maximum Gasteiger partial charge on any atom is 0.309 e. The standard InChI is InChI=1S/C24H29ClN2O6S/c1-3-31-24(28)17-11-13-27(14-12-17)34(29,30)22-16-32-26(2)23(22)18-5-4-6-21(15-18)33-20-9-7-19(25)8-10-20/h4-10,15,17,22-23H,3,11-14,16H2,1-2H3/t22-,23+/m0/s1. The van der Waals surface area contributed by atoms with Crippen molar-refractivity contribution in [1.82, 2.24) is 9.37 Å². The van der Waals surface area contributed by atoms with Gasteiger partial charge in [-0.1, -0.05) is 23.7 Å². The Morgan fingerprint density at radius 1 is 1.12 bits per heavy atom. The maximum absolute atomic E-state index is 13.6. The lowest BCUT2D eigenvalue weighted by Crippen LogP contribution is -2.46. The minimum absolute atomic E-state index is 0.0591. The number of carbonyl (C=O) groups excluding carboxylic acids is 1. The van der Waals surface area contributed by atoms with Crippen molar-refractivity contribution in [1.29, 1.82) is 0 Å². The first kappa shape index (κ1) is 24.9. The van der Waals surface area contributed by atoms with Crippen LogP contribution >= 0.6 is 11.6 Å². The second-order valence-electron chi connectivity index (χ2n) is 8.42. The molecular formula is C24H29ClN2O6S. The maximum atomic E-state index is 13.6. The number of rotatable bonds is 7. The van der Waals surface area contributed by atoms with Crippen LogP contribution in [0.3, 0.4) is 0 Å². The molecule has 0 aliphatic carbocycles. The third kappa shape index (κ3) is 5.39. The van der Waals surface area contributed by atoms with Crippen LogP contribution in [0.25, 0.3) is 0 Å². The predicted octanol–water partition coefficient (Wildman–Crippen LogP) is 4.02. The van der Waals surface area contributed by atoms with Crippen LogP contribution in [0, 0.1) is 5.92 Å². The summed E-state index contributed by atoms with van der Waals surface area (Å²) in [6, 6.07) is 13.9. The number of esters is 1. The normalized spacial score (nSPS) is 22.6. The van der Waals surface area contributed by atoms with Crippen LogP contribution in [0.4, 0.5) is 0 Å². The number of halogens is 1. The van der Waals surface area contributed by atoms with Gasteiger partial charge in [-0.15, -0.1) is 0 Å². The highest BCUT2D eigenvalue weighted by Crippen LogP contribution is 2.37. The summed E-state index contributed by atoms with van der Waals surface area (Å²) in [5.41, 5.74) is 0.779. The van der Waals surface area contributed by atoms with Gasteiger partial charge in [0.25, 0.3) is 0 Å². The topological polar surface area (TPSA) is 85.4 Å². The predicted molar refractivity (Wildman–Crippen MR) is 128 cm³/mol. The lowest BCUT2D eigenvalue weighted by atomic mass is 9.98. The van der Waals surface area contributed by atoms with Gasteiger partial charge in [-0.3, -0.25) is 9.63 Å². The molecule has 2 atom stereocenters. The SMILES string of the molecule is CCOC(=O)C1CCN(S(=O)(=O)[C@H]2CON(C)[C@@H]2c2cccc(Oc3ccc(Cl)cc3)c2)CC1. The fourth-order valence-electron chi connectivity index (χ4n) is 4.47. The van der Waals surface area contributed by atoms with Gasteiger partial charge in [-0.2, -0.15) is 5.06 Å². The summed E-state index contributed by atoms with van der Waals surface area (Å²) in [7, 11) is -1.93. The average Bonchev–Trinajstić information content (AvgIpc) is 3.23. The minimum atomic E-state index is -3.67. The van der Waals surface area contributed by atoms with E-state index >= 15 is 0 Å². The smallest absolute Gasteiger partial charge is 0.309 e. The molecule has 0 N–H and O–H groups in total. The number of piperidine rings is 1. The lowest BCUT2D eigenvalue weighted by Gasteiger charge is -2.33. The van der Waals surface area contributed by atoms with Gasteiger partial charge in [0, 0.05) is 25.2 Å². The summed E-state index contributed by atoms with van der Waals surface area (Å²) < 4.78 is 39.7. The largest absolute Gasteiger partial charge is 0.466 e. The lowest BCUT2D eigenvalue weighted by molar-refractivity contribution is -0.149. The molecule has 2 heterocycles. The summed E-state index contributed by atoms with van der Waals surface area (Å²) in [6.07, 6.45) is 0.910. The Morgan fingerprint density at radius 3 is 2.50 bits per heavy atom. The molecule has 2 aromatic carbocycles. The number of nitrogens with zero attached hydrogens (tertiary/aromatic N) is 2. The summed E-state index contributed by atoms with van der Waals surface area (Å²) in [5.74, 6) is 0.711. The monoisotopic (exact) mass is 508 g/mol. The second-order valence-corrected chi connectivity index (χ2v) is 11.0. The second kappa shape index (κ2) is 10.6. The van der Waals surface area contributed by atoms with E-state index in [4.69, 9.17) is 25.9 Å². The van der Waals surface area contributed by atoms with E-state index in [2.05, 4.69) is 0 Å². The highest BCUT2D eigenvalue weighted by atomic mass is 35.5. The van der Waals surface area contributed by atoms with Crippen LogP contribution in [0.5, 0.6) is 11.5 Å². The third-order valence-electron chi connectivity index (χ3n) is 6.25. The van der Waals surface area contributed by atoms with Gasteiger partial charge in [-0.25, -0.2) is 12.7 Å². The Bertz CT molecular complexity index is 1100. The van der Waals surface area contributed by atoms with E-state index in [1.54, 1.807) is 43.3 Å². The van der Waals surface area contributed by atoms with E-state index in [9.17, 15) is 13.2 Å². The van der Waals surface area contributed by atoms with E-state index in [0.717, 1.165) is 5.56 Å². The van der Waals surface area contributed by atoms with Crippen molar-refractivity contribution < 1.29 is 27.5 Å². The van der Waals surface area contributed by atoms with Crippen LogP contribution in [0.15, 0.2) is 48.5 Å². The Kier molecular flexibility index (Phi) is 7.79. The minimum Gasteiger partial charge on any atom is -0.466 e. The van der Waals surface area contributed by atoms with E-state index < -0.39 is 21.3 Å². The summed E-state index contributed by atoms with van der Waals surface area (Å²) >= 11 is 5.94. The fraction of sp³-hybridized carbons (Fsp3) is 0.458. The van der Waals surface area contributed by atoms with Gasteiger partial charge in [-0.05, 0) is 61.7 Å². The zero-order valence-corrected chi connectivity index (χ0v) is 20.8. The summed E-state index contributed by atoms with van der Waals surface area (Å²) in [4.78, 5) is 17.7. The molecule has 0 spiro atoms. The van der Waals surface area contributed by atoms with Crippen molar-refractivity contribution in [2.24, 2.45) is 5.92 Å². The first-order valence-corrected chi connectivity index (χ1v) is 13.2. The van der Waals surface area contributed by atoms with Crippen LogP contribution in [-0.4, -0.2) is 62.4 Å². The molecule has 2 aliphatic heterocycles. The fourth-order valence-corrected chi connectivity index (χ4v) is 6.58. The average molecular weight is 509 g/mol. The molecule has 0 saturated carbocycles. The molecule has 0 radical (unpaired) electrons. The van der Waals surface area contributed by atoms with E-state index in [0.29, 0.717) is 49.1 Å². The molecule has 2 aliphatic rings. The van der Waals surface area contributed by atoms with Crippen molar-refractivity contribution in [3.05, 3.63) is 59.1 Å². The van der Waals surface area contributed by atoms with Crippen molar-refractivity contribution in [2.75, 3.05) is 33.4 Å². The molecule has 2 aromatic rings. The van der Waals surface area contributed by atoms with Crippen LogP contribution in [-0.2, 0) is 24.4 Å². The molecule has 2 saturated heterocycles. The number of carbonyl (C=O) groups is 1. The van der Waals surface area contributed by atoms with Crippen molar-refractivity contribution in [2.45, 2.75) is 31.1 Å². The first-order chi connectivity index (χ1) is 16.3. The zero-order chi connectivity index (χ0) is 24.3. The zero-order valence-electron chi connectivity index (χ0n) is 19.2. The number of benzene rings is 2. The van der Waals surface area contributed by atoms with Crippen LogP contribution in [0.1, 0.15) is 31.4 Å². The molecule has 34 heavy (non-hydrogen) atoms. The number of ether oxygens (including phenoxy) is 2. The van der Waals surface area contributed by atoms with Gasteiger partial charge in [0.15, 0.2) is 0 Å². The number of hydrogen-bond acceptors (Lipinski definition) is 7. The molecule has 0 aromatic heterocycles. The summed E-state index contributed by atoms with van der Waals surface area (Å²) in [6.45, 7) is 2.73. The van der Waals surface area contributed by atoms with Crippen molar-refractivity contribution in [3.63, 3.8) is 0 Å². The van der Waals surface area contributed by atoms with Gasteiger partial charge >= 0.3 is 5.97 Å². The number of sulfonamides is 1. The van der Waals surface area contributed by atoms with Crippen molar-refractivity contribution >= 4 is 27.6 Å². The molecule has 8 nitrogen and oxygen atoms in total. The van der Waals surface area contributed by atoms with Gasteiger partial charge in [0.05, 0.1) is 25.2 Å². The summed E-state index contributed by atoms with van der Waals surface area (Å²) in [5, 5.41) is 1.43. The molecule has 10 heteroatoms. The highest BCUT2D eigenvalue weighted by Gasteiger charge is 2.46. The first-order valence-electron chi connectivity index (χ1n) is 11.3. The Hall–Kier alpha value is -2.17. The molecular weight excluding hydrogens is 480 g/mol. The van der Waals surface area contributed by atoms with Gasteiger partial charge < -0.3 is 9.47 Å². The Labute approximate surface area is 205 Å². The Balaban J connectivity index is 1.50. The van der Waals surface area contributed by atoms with Crippen LogP contribution in [0.2, 0.25) is 5.02 Å². The number of hydrogen-bond donors (Lipinski definition) is 0. The van der Waals surface area contributed by atoms with E-state index in [1.165, 1.54) is 4.31 Å². The van der Waals surface area contributed by atoms with Gasteiger partial charge in [0.2, 0.25) is 10.0 Å². The molecule has 0 amide bonds.